The second-order valence-electron chi connectivity index (χ2n) is 9.03. The first-order chi connectivity index (χ1) is 21.0. The van der Waals surface area contributed by atoms with Gasteiger partial charge < -0.3 is 44.4 Å². The number of nitrogens with one attached hydrogen (secondary N) is 2. The van der Waals surface area contributed by atoms with Crippen LogP contribution in [-0.4, -0.2) is 47.9 Å². The van der Waals surface area contributed by atoms with Crippen LogP contribution < -0.4 is 39.3 Å². The third kappa shape index (κ3) is 14.8. The van der Waals surface area contributed by atoms with Gasteiger partial charge in [-0.15, -0.1) is 0 Å². The van der Waals surface area contributed by atoms with Crippen molar-refractivity contribution in [2.24, 2.45) is 48.6 Å². The maximum atomic E-state index is 10.5. The number of hydrogen-bond acceptors (Lipinski definition) is 4. The number of carbonyl (C=O) groups is 1. The molecule has 1 amide bonds. The van der Waals surface area contributed by atoms with Crippen molar-refractivity contribution in [1.29, 1.82) is 0 Å². The lowest BCUT2D eigenvalue weighted by atomic mass is 10.2. The van der Waals surface area contributed by atoms with Crippen LogP contribution in [-0.2, 0) is 0 Å². The molecule has 0 spiro atoms. The van der Waals surface area contributed by atoms with Gasteiger partial charge in [-0.05, 0) is 73.5 Å². The maximum Gasteiger partial charge on any atom is 0.252 e. The zero-order valence-electron chi connectivity index (χ0n) is 24.0. The highest BCUT2D eigenvalue weighted by Crippen LogP contribution is 2.15. The van der Waals surface area contributed by atoms with Crippen molar-refractivity contribution >= 4 is 64.3 Å². The lowest BCUT2D eigenvalue weighted by molar-refractivity contribution is 0.0997. The third-order valence-corrected chi connectivity index (χ3v) is 5.99. The Morgan fingerprint density at radius 2 is 1.05 bits per heavy atom. The number of carbonyl (C=O) groups excluding carboxylic acids is 1. The predicted octanol–water partition coefficient (Wildman–Crippen LogP) is 3.83. The van der Waals surface area contributed by atoms with E-state index in [2.05, 4.69) is 30.6 Å². The van der Waals surface area contributed by atoms with Crippen LogP contribution in [0.5, 0.6) is 5.75 Å². The summed E-state index contributed by atoms with van der Waals surface area (Å²) in [6.07, 6.45) is 3.68. The summed E-state index contributed by atoms with van der Waals surface area (Å²) in [6.45, 7) is 1.12. The van der Waals surface area contributed by atoms with Crippen LogP contribution in [0, 0.1) is 0 Å². The fourth-order valence-corrected chi connectivity index (χ4v) is 3.63. The van der Waals surface area contributed by atoms with E-state index in [1.165, 1.54) is 12.1 Å². The largest absolute Gasteiger partial charge is 0.507 e. The van der Waals surface area contributed by atoms with E-state index in [1.807, 2.05) is 0 Å². The number of aromatic hydroxyl groups is 1. The number of amides is 1. The molecule has 44 heavy (non-hydrogen) atoms. The highest BCUT2D eigenvalue weighted by molar-refractivity contribution is 6.31. The van der Waals surface area contributed by atoms with Gasteiger partial charge in [0.05, 0.1) is 5.56 Å². The molecular weight excluding hydrogens is 605 g/mol. The summed E-state index contributed by atoms with van der Waals surface area (Å²) in [5.41, 5.74) is 29.8. The summed E-state index contributed by atoms with van der Waals surface area (Å²) in [5, 5.41) is 16.1. The normalized spacial score (nSPS) is 12.2. The quantitative estimate of drug-likeness (QED) is 0.0916. The molecule has 15 heteroatoms. The Morgan fingerprint density at radius 1 is 0.636 bits per heavy atom. The number of primary amides is 1. The van der Waals surface area contributed by atoms with Crippen molar-refractivity contribution in [2.45, 2.75) is 25.7 Å². The molecule has 0 heterocycles. The number of para-hydroxylation sites is 1. The van der Waals surface area contributed by atoms with Gasteiger partial charge in [-0.2, -0.15) is 9.98 Å². The van der Waals surface area contributed by atoms with Crippen molar-refractivity contribution in [2.75, 3.05) is 23.7 Å². The summed E-state index contributed by atoms with van der Waals surface area (Å²) < 4.78 is 0. The molecule has 0 aliphatic carbocycles. The molecule has 0 aliphatic heterocycles. The minimum absolute atomic E-state index is 0.0741. The van der Waals surface area contributed by atoms with Crippen molar-refractivity contribution < 1.29 is 9.90 Å². The van der Waals surface area contributed by atoms with E-state index >= 15 is 0 Å². The van der Waals surface area contributed by atoms with Gasteiger partial charge >= 0.3 is 0 Å². The van der Waals surface area contributed by atoms with E-state index in [-0.39, 0.29) is 35.2 Å². The minimum Gasteiger partial charge on any atom is -0.507 e. The molecule has 13 nitrogen and oxygen atoms in total. The van der Waals surface area contributed by atoms with Gasteiger partial charge in [0.2, 0.25) is 23.8 Å². The number of nitrogens with two attached hydrogens (primary N) is 5. The summed E-state index contributed by atoms with van der Waals surface area (Å²) in [5.74, 6) is -0.123. The second-order valence-corrected chi connectivity index (χ2v) is 9.91. The molecule has 0 aromatic heterocycles. The molecular formula is C29H37Cl2N11O2. The average molecular weight is 643 g/mol. The van der Waals surface area contributed by atoms with E-state index in [1.54, 1.807) is 60.7 Å². The van der Waals surface area contributed by atoms with E-state index in [0.29, 0.717) is 23.1 Å². The monoisotopic (exact) mass is 641 g/mol. The molecule has 0 saturated heterocycles. The van der Waals surface area contributed by atoms with Gasteiger partial charge in [0.1, 0.15) is 5.75 Å². The molecule has 3 aromatic rings. The number of guanidine groups is 4. The Morgan fingerprint density at radius 3 is 1.41 bits per heavy atom. The Labute approximate surface area is 266 Å². The summed E-state index contributed by atoms with van der Waals surface area (Å²) in [6, 6.07) is 20.3. The number of unbranched alkanes of at least 4 members (excludes halogenated alkanes) is 3. The number of benzene rings is 3. The first-order valence-corrected chi connectivity index (χ1v) is 14.2. The molecule has 3 aromatic carbocycles. The highest BCUT2D eigenvalue weighted by Gasteiger charge is 2.03. The van der Waals surface area contributed by atoms with Crippen LogP contribution in [0.1, 0.15) is 36.0 Å². The lowest BCUT2D eigenvalue weighted by Gasteiger charge is -2.05. The molecule has 0 fully saturated rings. The van der Waals surface area contributed by atoms with Gasteiger partial charge in [-0.1, -0.05) is 48.2 Å². The minimum atomic E-state index is -0.613. The Kier molecular flexibility index (Phi) is 15.4. The zero-order valence-corrected chi connectivity index (χ0v) is 25.5. The molecule has 0 aliphatic rings. The van der Waals surface area contributed by atoms with Gasteiger partial charge in [0, 0.05) is 34.5 Å². The molecule has 234 valence electrons. The molecule has 3 rings (SSSR count). The topological polar surface area (TPSA) is 241 Å². The van der Waals surface area contributed by atoms with Crippen LogP contribution in [0.4, 0.5) is 11.4 Å². The van der Waals surface area contributed by atoms with Gasteiger partial charge in [-0.3, -0.25) is 14.8 Å². The van der Waals surface area contributed by atoms with Crippen LogP contribution >= 0.6 is 23.2 Å². The first-order valence-electron chi connectivity index (χ1n) is 13.4. The fraction of sp³-hybridized carbons (Fsp3) is 0.207. The van der Waals surface area contributed by atoms with Gasteiger partial charge in [0.25, 0.3) is 5.91 Å². The van der Waals surface area contributed by atoms with Crippen molar-refractivity contribution in [3.63, 3.8) is 0 Å². The fourth-order valence-electron chi connectivity index (χ4n) is 3.38. The van der Waals surface area contributed by atoms with Crippen molar-refractivity contribution in [3.8, 4) is 5.75 Å². The SMILES string of the molecule is NC(=NCCCCCCN=C(N)N=C(N)Nc1ccc(Cl)cc1)N=C(N)Nc1ccc(Cl)cc1.NC(=O)c1ccccc1O. The number of hydrogen-bond donors (Lipinski definition) is 8. The summed E-state index contributed by atoms with van der Waals surface area (Å²) in [7, 11) is 0. The molecule has 13 N–H and O–H groups in total. The van der Waals surface area contributed by atoms with Crippen LogP contribution in [0.25, 0.3) is 0 Å². The number of nitrogens with zero attached hydrogens (tertiary/aromatic N) is 4. The van der Waals surface area contributed by atoms with Crippen molar-refractivity contribution in [3.05, 3.63) is 88.4 Å². The molecule has 0 unspecified atom stereocenters. The van der Waals surface area contributed by atoms with Crippen LogP contribution in [0.2, 0.25) is 10.0 Å². The lowest BCUT2D eigenvalue weighted by Crippen LogP contribution is -2.26. The molecule has 0 bridgehead atoms. The zero-order chi connectivity index (χ0) is 32.3. The van der Waals surface area contributed by atoms with Gasteiger partial charge in [0.15, 0.2) is 0 Å². The van der Waals surface area contributed by atoms with E-state index in [4.69, 9.17) is 57.0 Å². The number of aliphatic imine (C=N–C) groups is 4. The van der Waals surface area contributed by atoms with Crippen LogP contribution in [0.3, 0.4) is 0 Å². The van der Waals surface area contributed by atoms with E-state index in [0.717, 1.165) is 37.1 Å². The standard InChI is InChI=1S/C22H30Cl2N10.C7H7NO2/c23-15-5-9-17(10-6-15)31-21(27)33-19(25)29-13-3-1-2-4-14-30-20(26)34-22(28)32-18-11-7-16(24)8-12-18;8-7(10)5-3-1-2-4-6(5)9/h5-12H,1-4,13-14H2,(H5,25,27,29,31,33)(H5,26,28,30,32,34);1-4,9H,(H2,8,10). The second kappa shape index (κ2) is 19.2. The van der Waals surface area contributed by atoms with E-state index in [9.17, 15) is 4.79 Å². The summed E-state index contributed by atoms with van der Waals surface area (Å²) >= 11 is 11.7. The number of phenols is 1. The van der Waals surface area contributed by atoms with Crippen LogP contribution in [0.15, 0.2) is 92.8 Å². The van der Waals surface area contributed by atoms with Gasteiger partial charge in [-0.25, -0.2) is 0 Å². The number of anilines is 2. The Hall–Kier alpha value is -5.01. The first kappa shape index (κ1) is 35.2. The predicted molar refractivity (Wildman–Crippen MR) is 181 cm³/mol. The molecule has 0 radical (unpaired) electrons. The number of halogens is 2. The van der Waals surface area contributed by atoms with E-state index < -0.39 is 5.91 Å². The maximum absolute atomic E-state index is 10.5. The van der Waals surface area contributed by atoms with Crippen molar-refractivity contribution in [1.82, 2.24) is 0 Å². The molecule has 0 atom stereocenters. The molecule has 0 saturated carbocycles. The smallest absolute Gasteiger partial charge is 0.252 e. The Balaban J connectivity index is 0.000000569. The third-order valence-electron chi connectivity index (χ3n) is 5.49. The Bertz CT molecular complexity index is 1380. The average Bonchev–Trinajstić information content (AvgIpc) is 2.97. The highest BCUT2D eigenvalue weighted by atomic mass is 35.5. The number of rotatable bonds is 10. The summed E-state index contributed by atoms with van der Waals surface area (Å²) in [4.78, 5) is 27.0.